The van der Waals surface area contributed by atoms with E-state index in [1.165, 1.54) is 0 Å². The Hall–Kier alpha value is -4.46. The number of aromatic nitrogens is 3. The van der Waals surface area contributed by atoms with Crippen molar-refractivity contribution in [2.45, 2.75) is 31.2 Å². The molecule has 40 heavy (non-hydrogen) atoms. The van der Waals surface area contributed by atoms with Gasteiger partial charge in [-0.3, -0.25) is 9.36 Å². The normalized spacial score (nSPS) is 15.0. The Morgan fingerprint density at radius 2 is 1.65 bits per heavy atom. The number of amides is 1. The van der Waals surface area contributed by atoms with Crippen LogP contribution in [0.2, 0.25) is 0 Å². The summed E-state index contributed by atoms with van der Waals surface area (Å²) in [6.07, 6.45) is 3.95. The molecule has 1 aliphatic rings. The number of rotatable bonds is 7. The summed E-state index contributed by atoms with van der Waals surface area (Å²) in [5, 5.41) is 1.13. The molecule has 1 fully saturated rings. The van der Waals surface area contributed by atoms with Gasteiger partial charge in [0.2, 0.25) is 5.91 Å². The van der Waals surface area contributed by atoms with Crippen molar-refractivity contribution in [1.82, 2.24) is 19.0 Å². The molecule has 1 saturated heterocycles. The van der Waals surface area contributed by atoms with Gasteiger partial charge in [0.05, 0.1) is 25.3 Å². The summed E-state index contributed by atoms with van der Waals surface area (Å²) in [7, 11) is 5.29. The van der Waals surface area contributed by atoms with Gasteiger partial charge in [0.25, 0.3) is 0 Å². The van der Waals surface area contributed by atoms with Crippen LogP contribution in [0.15, 0.2) is 77.7 Å². The maximum atomic E-state index is 13.8. The maximum absolute atomic E-state index is 13.8. The second-order valence-corrected chi connectivity index (χ2v) is 10.5. The molecule has 3 aromatic carbocycles. The zero-order chi connectivity index (χ0) is 27.8. The number of fused-ring (bicyclic) bond motifs is 2. The van der Waals surface area contributed by atoms with Crippen molar-refractivity contribution in [3.05, 3.63) is 94.5 Å². The highest BCUT2D eigenvalue weighted by Crippen LogP contribution is 2.39. The lowest BCUT2D eigenvalue weighted by Crippen LogP contribution is -2.41. The number of aryl methyl sites for hydroxylation is 1. The molecular weight excluding hydrogens is 504 g/mol. The maximum Gasteiger partial charge on any atom is 0.326 e. The fourth-order valence-electron chi connectivity index (χ4n) is 6.24. The number of hydrogen-bond donors (Lipinski definition) is 1. The minimum Gasteiger partial charge on any atom is -0.493 e. The SMILES string of the molecule is COc1ccc(C(CC(=O)N2CCC(n3c(=O)[nH]c4ccccc43)CC2)c2cn(C)c3ccccc23)cc1OC. The van der Waals surface area contributed by atoms with E-state index in [9.17, 15) is 9.59 Å². The van der Waals surface area contributed by atoms with Crippen molar-refractivity contribution in [3.8, 4) is 11.5 Å². The van der Waals surface area contributed by atoms with Crippen LogP contribution in [0.5, 0.6) is 11.5 Å². The molecule has 1 amide bonds. The number of aromatic amines is 1. The molecule has 0 radical (unpaired) electrons. The topological polar surface area (TPSA) is 81.5 Å². The van der Waals surface area contributed by atoms with Gasteiger partial charge in [-0.2, -0.15) is 0 Å². The summed E-state index contributed by atoms with van der Waals surface area (Å²) in [6, 6.07) is 22.0. The second kappa shape index (κ2) is 10.6. The van der Waals surface area contributed by atoms with Gasteiger partial charge >= 0.3 is 5.69 Å². The van der Waals surface area contributed by atoms with Crippen molar-refractivity contribution in [2.75, 3.05) is 27.3 Å². The number of carbonyl (C=O) groups is 1. The third-order valence-electron chi connectivity index (χ3n) is 8.30. The number of ether oxygens (including phenoxy) is 2. The monoisotopic (exact) mass is 538 g/mol. The van der Waals surface area contributed by atoms with Gasteiger partial charge in [0.15, 0.2) is 11.5 Å². The summed E-state index contributed by atoms with van der Waals surface area (Å²) in [6.45, 7) is 1.23. The van der Waals surface area contributed by atoms with E-state index in [4.69, 9.17) is 9.47 Å². The van der Waals surface area contributed by atoms with Crippen LogP contribution in [0.25, 0.3) is 21.9 Å². The Morgan fingerprint density at radius 3 is 2.40 bits per heavy atom. The number of piperidine rings is 1. The molecule has 1 unspecified atom stereocenters. The highest BCUT2D eigenvalue weighted by Gasteiger charge is 2.30. The molecule has 0 saturated carbocycles. The smallest absolute Gasteiger partial charge is 0.326 e. The number of nitrogens with zero attached hydrogens (tertiary/aromatic N) is 3. The first-order valence-electron chi connectivity index (χ1n) is 13.7. The number of likely N-dealkylation sites (tertiary alicyclic amines) is 1. The van der Waals surface area contributed by atoms with Crippen molar-refractivity contribution >= 4 is 27.8 Å². The minimum absolute atomic E-state index is 0.0624. The highest BCUT2D eigenvalue weighted by molar-refractivity contribution is 5.87. The van der Waals surface area contributed by atoms with Crippen LogP contribution in [0.1, 0.15) is 42.3 Å². The standard InChI is InChI=1S/C32H34N4O4/c1-34-20-25(23-8-4-6-10-27(23)34)24(21-12-13-29(39-2)30(18-21)40-3)19-31(37)35-16-14-22(15-17-35)36-28-11-7-5-9-26(28)33-32(36)38/h4-13,18,20,22,24H,14-17,19H2,1-3H3,(H,33,38). The minimum atomic E-state index is -0.160. The molecule has 3 heterocycles. The molecule has 1 aliphatic heterocycles. The van der Waals surface area contributed by atoms with Gasteiger partial charge in [-0.15, -0.1) is 0 Å². The number of para-hydroxylation sites is 3. The van der Waals surface area contributed by atoms with Crippen LogP contribution < -0.4 is 15.2 Å². The molecule has 0 spiro atoms. The number of nitrogens with one attached hydrogen (secondary N) is 1. The van der Waals surface area contributed by atoms with Gasteiger partial charge in [-0.05, 0) is 54.3 Å². The third kappa shape index (κ3) is 4.53. The van der Waals surface area contributed by atoms with Crippen LogP contribution >= 0.6 is 0 Å². The Kier molecular flexibility index (Phi) is 6.84. The van der Waals surface area contributed by atoms with Gasteiger partial charge in [0, 0.05) is 55.6 Å². The van der Waals surface area contributed by atoms with E-state index in [1.807, 2.05) is 71.1 Å². The fourth-order valence-corrected chi connectivity index (χ4v) is 6.24. The molecule has 1 atom stereocenters. The van der Waals surface area contributed by atoms with Gasteiger partial charge in [-0.25, -0.2) is 4.79 Å². The predicted octanol–water partition coefficient (Wildman–Crippen LogP) is 5.22. The van der Waals surface area contributed by atoms with E-state index >= 15 is 0 Å². The number of H-pyrrole nitrogens is 1. The molecule has 0 aliphatic carbocycles. The van der Waals surface area contributed by atoms with Crippen LogP contribution in [-0.4, -0.2) is 52.2 Å². The molecule has 5 aromatic rings. The Labute approximate surface area is 232 Å². The predicted molar refractivity (Wildman–Crippen MR) is 156 cm³/mol. The lowest BCUT2D eigenvalue weighted by atomic mass is 9.87. The summed E-state index contributed by atoms with van der Waals surface area (Å²) < 4.78 is 15.1. The number of methoxy groups -OCH3 is 2. The van der Waals surface area contributed by atoms with Crippen LogP contribution in [0.3, 0.4) is 0 Å². The highest BCUT2D eigenvalue weighted by atomic mass is 16.5. The van der Waals surface area contributed by atoms with Crippen molar-refractivity contribution < 1.29 is 14.3 Å². The zero-order valence-electron chi connectivity index (χ0n) is 23.1. The first-order valence-corrected chi connectivity index (χ1v) is 13.7. The molecule has 8 heteroatoms. The van der Waals surface area contributed by atoms with Gasteiger partial charge in [-0.1, -0.05) is 36.4 Å². The number of imidazole rings is 1. The number of carbonyl (C=O) groups excluding carboxylic acids is 1. The zero-order valence-corrected chi connectivity index (χ0v) is 23.1. The quantitative estimate of drug-likeness (QED) is 0.308. The molecule has 8 nitrogen and oxygen atoms in total. The van der Waals surface area contributed by atoms with E-state index in [0.717, 1.165) is 45.9 Å². The molecule has 1 N–H and O–H groups in total. The van der Waals surface area contributed by atoms with Crippen LogP contribution in [0.4, 0.5) is 0 Å². The van der Waals surface area contributed by atoms with E-state index in [-0.39, 0.29) is 23.6 Å². The Balaban J connectivity index is 1.27. The molecule has 6 rings (SSSR count). The summed E-state index contributed by atoms with van der Waals surface area (Å²) in [5.74, 6) is 1.25. The van der Waals surface area contributed by atoms with E-state index in [0.29, 0.717) is 31.0 Å². The van der Waals surface area contributed by atoms with Crippen LogP contribution in [0, 0.1) is 0 Å². The second-order valence-electron chi connectivity index (χ2n) is 10.5. The van der Waals surface area contributed by atoms with Crippen molar-refractivity contribution in [3.63, 3.8) is 0 Å². The summed E-state index contributed by atoms with van der Waals surface area (Å²) in [5.41, 5.74) is 4.91. The third-order valence-corrected chi connectivity index (χ3v) is 8.30. The molecular formula is C32H34N4O4. The molecule has 2 aromatic heterocycles. The lowest BCUT2D eigenvalue weighted by molar-refractivity contribution is -0.132. The average molecular weight is 539 g/mol. The Bertz CT molecular complexity index is 1740. The van der Waals surface area contributed by atoms with Crippen molar-refractivity contribution in [2.24, 2.45) is 7.05 Å². The summed E-state index contributed by atoms with van der Waals surface area (Å²) >= 11 is 0. The number of hydrogen-bond acceptors (Lipinski definition) is 4. The van der Waals surface area contributed by atoms with Crippen molar-refractivity contribution in [1.29, 1.82) is 0 Å². The largest absolute Gasteiger partial charge is 0.493 e. The van der Waals surface area contributed by atoms with Gasteiger partial charge < -0.3 is 23.9 Å². The lowest BCUT2D eigenvalue weighted by Gasteiger charge is -2.33. The van der Waals surface area contributed by atoms with E-state index < -0.39 is 0 Å². The number of benzene rings is 3. The Morgan fingerprint density at radius 1 is 0.950 bits per heavy atom. The van der Waals surface area contributed by atoms with Gasteiger partial charge in [0.1, 0.15) is 0 Å². The van der Waals surface area contributed by atoms with Crippen LogP contribution in [-0.2, 0) is 11.8 Å². The first kappa shape index (κ1) is 25.8. The average Bonchev–Trinajstić information content (AvgIpc) is 3.51. The molecule has 206 valence electrons. The first-order chi connectivity index (χ1) is 19.5. The van der Waals surface area contributed by atoms with E-state index in [2.05, 4.69) is 27.9 Å². The molecule has 0 bridgehead atoms. The summed E-state index contributed by atoms with van der Waals surface area (Å²) in [4.78, 5) is 31.5. The van der Waals surface area contributed by atoms with E-state index in [1.54, 1.807) is 14.2 Å². The fraction of sp³-hybridized carbons (Fsp3) is 0.312.